The van der Waals surface area contributed by atoms with Gasteiger partial charge in [-0.1, -0.05) is 0 Å². The fourth-order valence-electron chi connectivity index (χ4n) is 1.12. The quantitative estimate of drug-likeness (QED) is 0.533. The van der Waals surface area contributed by atoms with Crippen LogP contribution in [-0.2, 0) is 28.3 Å². The molecule has 102 valence electrons. The molecule has 0 spiro atoms. The minimum atomic E-state index is -4.74. The predicted octanol–water partition coefficient (Wildman–Crippen LogP) is 0.445. The van der Waals surface area contributed by atoms with E-state index in [4.69, 9.17) is 0 Å². The van der Waals surface area contributed by atoms with Gasteiger partial charge in [0.15, 0.2) is 5.60 Å². The Bertz CT molecular complexity index is 330. The van der Waals surface area contributed by atoms with E-state index in [2.05, 4.69) is 18.7 Å². The molecule has 10 heteroatoms. The van der Waals surface area contributed by atoms with Gasteiger partial charge in [-0.25, -0.2) is 9.59 Å². The zero-order valence-corrected chi connectivity index (χ0v) is 9.57. The number of methoxy groups -OCH3 is 1. The molecular weight excluding hydrogens is 260 g/mol. The molecule has 1 fully saturated rings. The van der Waals surface area contributed by atoms with Crippen molar-refractivity contribution in [2.45, 2.75) is 25.1 Å². The van der Waals surface area contributed by atoms with Crippen LogP contribution in [0.15, 0.2) is 0 Å². The van der Waals surface area contributed by atoms with Crippen LogP contribution in [0, 0.1) is 0 Å². The van der Waals surface area contributed by atoms with Crippen LogP contribution in [0.4, 0.5) is 13.2 Å². The third kappa shape index (κ3) is 3.13. The molecule has 1 saturated heterocycles. The molecule has 0 aromatic rings. The highest BCUT2D eigenvalue weighted by atomic mass is 19.4. The summed E-state index contributed by atoms with van der Waals surface area (Å²) in [6, 6.07) is 0. The van der Waals surface area contributed by atoms with E-state index in [1.54, 1.807) is 0 Å². The maximum absolute atomic E-state index is 12.8. The van der Waals surface area contributed by atoms with E-state index in [1.807, 2.05) is 0 Å². The van der Waals surface area contributed by atoms with Crippen LogP contribution >= 0.6 is 0 Å². The Labute approximate surface area is 100 Å². The standard InChI is InChI=1S/C8H10BF3O6/c1-7(3-4-15-2,8(10,11)12)18-9-16-5(13)6(14)17-9/h3-4H2,1-2H3. The number of halogens is 3. The highest BCUT2D eigenvalue weighted by molar-refractivity contribution is 6.55. The first-order valence-electron chi connectivity index (χ1n) is 4.85. The molecule has 1 atom stereocenters. The van der Waals surface area contributed by atoms with Crippen molar-refractivity contribution in [2.24, 2.45) is 0 Å². The highest BCUT2D eigenvalue weighted by Gasteiger charge is 2.58. The van der Waals surface area contributed by atoms with E-state index in [0.29, 0.717) is 0 Å². The average Bonchev–Trinajstić information content (AvgIpc) is 2.53. The first-order chi connectivity index (χ1) is 8.19. The molecule has 0 aromatic heterocycles. The Kier molecular flexibility index (Phi) is 4.22. The smallest absolute Gasteiger partial charge is 0.465 e. The summed E-state index contributed by atoms with van der Waals surface area (Å²) in [6.07, 6.45) is -5.29. The van der Waals surface area contributed by atoms with Crippen molar-refractivity contribution in [1.82, 2.24) is 0 Å². The van der Waals surface area contributed by atoms with Crippen molar-refractivity contribution in [3.05, 3.63) is 0 Å². The molecule has 0 amide bonds. The third-order valence-corrected chi connectivity index (χ3v) is 2.31. The van der Waals surface area contributed by atoms with Crippen molar-refractivity contribution in [2.75, 3.05) is 13.7 Å². The largest absolute Gasteiger partial charge is 0.793 e. The fraction of sp³-hybridized carbons (Fsp3) is 0.750. The Morgan fingerprint density at radius 2 is 1.72 bits per heavy atom. The number of carbonyl (C=O) groups is 2. The number of hydrogen-bond acceptors (Lipinski definition) is 6. The second kappa shape index (κ2) is 5.15. The van der Waals surface area contributed by atoms with E-state index >= 15 is 0 Å². The minimum Gasteiger partial charge on any atom is -0.465 e. The number of rotatable bonds is 5. The molecule has 1 unspecified atom stereocenters. The molecule has 1 aliphatic heterocycles. The van der Waals surface area contributed by atoms with Crippen LogP contribution in [0.2, 0.25) is 0 Å². The molecular formula is C8H10BF3O6. The van der Waals surface area contributed by atoms with Gasteiger partial charge in [0, 0.05) is 20.1 Å². The first-order valence-corrected chi connectivity index (χ1v) is 4.85. The van der Waals surface area contributed by atoms with Gasteiger partial charge in [0.2, 0.25) is 0 Å². The average molecular weight is 270 g/mol. The molecule has 18 heavy (non-hydrogen) atoms. The van der Waals surface area contributed by atoms with Crippen LogP contribution in [-0.4, -0.2) is 44.8 Å². The molecule has 1 aliphatic rings. The summed E-state index contributed by atoms with van der Waals surface area (Å²) in [5.74, 6) is -2.78. The Morgan fingerprint density at radius 1 is 1.22 bits per heavy atom. The number of hydrogen-bond donors (Lipinski definition) is 0. The van der Waals surface area contributed by atoms with Gasteiger partial charge in [-0.15, -0.1) is 0 Å². The molecule has 1 rings (SSSR count). The summed E-state index contributed by atoms with van der Waals surface area (Å²) >= 11 is 0. The van der Waals surface area contributed by atoms with E-state index in [0.717, 1.165) is 6.92 Å². The zero-order valence-electron chi connectivity index (χ0n) is 9.57. The third-order valence-electron chi connectivity index (χ3n) is 2.31. The van der Waals surface area contributed by atoms with Crippen molar-refractivity contribution in [3.8, 4) is 0 Å². The molecule has 0 aromatic carbocycles. The summed E-state index contributed by atoms with van der Waals surface area (Å²) in [4.78, 5) is 21.3. The van der Waals surface area contributed by atoms with Crippen molar-refractivity contribution >= 4 is 19.3 Å². The number of carbonyl (C=O) groups excluding carboxylic acids is 2. The van der Waals surface area contributed by atoms with E-state index in [9.17, 15) is 22.8 Å². The maximum Gasteiger partial charge on any atom is 0.793 e. The van der Waals surface area contributed by atoms with Crippen LogP contribution in [0.3, 0.4) is 0 Å². The second-order valence-electron chi connectivity index (χ2n) is 3.69. The van der Waals surface area contributed by atoms with E-state index < -0.39 is 37.5 Å². The lowest BCUT2D eigenvalue weighted by Gasteiger charge is -2.31. The van der Waals surface area contributed by atoms with Crippen molar-refractivity contribution in [3.63, 3.8) is 0 Å². The molecule has 0 saturated carbocycles. The molecule has 0 N–H and O–H groups in total. The summed E-state index contributed by atoms with van der Waals surface area (Å²) in [6.45, 7) is 0.511. The monoisotopic (exact) mass is 270 g/mol. The van der Waals surface area contributed by atoms with Gasteiger partial charge in [-0.2, -0.15) is 13.2 Å². The maximum atomic E-state index is 12.8. The normalized spacial score (nSPS) is 19.5. The Balaban J connectivity index is 2.73. The van der Waals surface area contributed by atoms with E-state index in [1.165, 1.54) is 7.11 Å². The van der Waals surface area contributed by atoms with Crippen LogP contribution < -0.4 is 0 Å². The lowest BCUT2D eigenvalue weighted by atomic mass is 9.99. The van der Waals surface area contributed by atoms with Gasteiger partial charge in [0.25, 0.3) is 0 Å². The summed E-state index contributed by atoms with van der Waals surface area (Å²) in [5.41, 5.74) is -2.65. The molecule has 6 nitrogen and oxygen atoms in total. The molecule has 0 radical (unpaired) electrons. The van der Waals surface area contributed by atoms with Gasteiger partial charge in [-0.05, 0) is 6.92 Å². The molecule has 1 heterocycles. The summed E-state index contributed by atoms with van der Waals surface area (Å²) in [5, 5.41) is 0. The van der Waals surface area contributed by atoms with Crippen molar-refractivity contribution in [1.29, 1.82) is 0 Å². The van der Waals surface area contributed by atoms with Crippen LogP contribution in [0.5, 0.6) is 0 Å². The highest BCUT2D eigenvalue weighted by Crippen LogP contribution is 2.37. The number of alkyl halides is 3. The van der Waals surface area contributed by atoms with Gasteiger partial charge < -0.3 is 18.7 Å². The van der Waals surface area contributed by atoms with Gasteiger partial charge in [0.1, 0.15) is 0 Å². The van der Waals surface area contributed by atoms with E-state index in [-0.39, 0.29) is 6.61 Å². The minimum absolute atomic E-state index is 0.232. The fourth-order valence-corrected chi connectivity index (χ4v) is 1.12. The zero-order chi connectivity index (χ0) is 14.0. The Morgan fingerprint density at radius 3 is 2.11 bits per heavy atom. The van der Waals surface area contributed by atoms with Gasteiger partial charge >= 0.3 is 25.4 Å². The van der Waals surface area contributed by atoms with Crippen LogP contribution in [0.1, 0.15) is 13.3 Å². The van der Waals surface area contributed by atoms with Crippen LogP contribution in [0.25, 0.3) is 0 Å². The topological polar surface area (TPSA) is 71.1 Å². The first kappa shape index (κ1) is 14.8. The van der Waals surface area contributed by atoms with Crippen molar-refractivity contribution < 1.29 is 41.5 Å². The molecule has 0 aliphatic carbocycles. The van der Waals surface area contributed by atoms with Gasteiger partial charge in [0.05, 0.1) is 0 Å². The lowest BCUT2D eigenvalue weighted by Crippen LogP contribution is -2.49. The number of ether oxygens (including phenoxy) is 1. The summed E-state index contributed by atoms with van der Waals surface area (Å²) in [7, 11) is -0.764. The van der Waals surface area contributed by atoms with Gasteiger partial charge in [-0.3, -0.25) is 0 Å². The molecule has 0 bridgehead atoms. The SMILES string of the molecule is COCCC(C)(OB1OC(=O)C(=O)O1)C(F)(F)F. The lowest BCUT2D eigenvalue weighted by molar-refractivity contribution is -0.254. The second-order valence-corrected chi connectivity index (χ2v) is 3.69. The summed E-state index contributed by atoms with van der Waals surface area (Å²) < 4.78 is 55.8. The Hall–Kier alpha value is -1.29. The predicted molar refractivity (Wildman–Crippen MR) is 50.0 cm³/mol.